The minimum atomic E-state index is -0.339. The number of aryl methyl sites for hydroxylation is 1. The lowest BCUT2D eigenvalue weighted by Gasteiger charge is -2.16. The lowest BCUT2D eigenvalue weighted by atomic mass is 9.99. The average molecular weight is 356 g/mol. The number of halogens is 1. The van der Waals surface area contributed by atoms with Crippen molar-refractivity contribution in [1.82, 2.24) is 10.6 Å². The second kappa shape index (κ2) is 9.56. The van der Waals surface area contributed by atoms with Crippen LogP contribution in [0.2, 0.25) is 0 Å². The van der Waals surface area contributed by atoms with Gasteiger partial charge in [-0.25, -0.2) is 4.39 Å². The van der Waals surface area contributed by atoms with E-state index in [1.54, 1.807) is 7.05 Å². The number of rotatable bonds is 6. The van der Waals surface area contributed by atoms with Gasteiger partial charge in [-0.05, 0) is 42.7 Å². The predicted molar refractivity (Wildman–Crippen MR) is 104 cm³/mol. The summed E-state index contributed by atoms with van der Waals surface area (Å²) in [4.78, 5) is 16.1. The fraction of sp³-hybridized carbons (Fsp3) is 0.300. The van der Waals surface area contributed by atoms with E-state index in [1.807, 2.05) is 6.07 Å². The van der Waals surface area contributed by atoms with E-state index in [1.165, 1.54) is 35.4 Å². The summed E-state index contributed by atoms with van der Waals surface area (Å²) >= 11 is 0. The van der Waals surface area contributed by atoms with Crippen LogP contribution in [-0.4, -0.2) is 32.0 Å². The van der Waals surface area contributed by atoms with Crippen molar-refractivity contribution in [3.05, 3.63) is 65.5 Å². The van der Waals surface area contributed by atoms with Crippen molar-refractivity contribution < 1.29 is 9.18 Å². The van der Waals surface area contributed by atoms with Gasteiger partial charge in [0.05, 0.1) is 6.54 Å². The molecule has 138 valence electrons. The molecule has 2 aromatic rings. The van der Waals surface area contributed by atoms with Gasteiger partial charge in [-0.15, -0.1) is 0 Å². The second-order valence-electron chi connectivity index (χ2n) is 6.18. The Morgan fingerprint density at radius 3 is 2.54 bits per heavy atom. The van der Waals surface area contributed by atoms with Crippen LogP contribution in [0.3, 0.4) is 0 Å². The molecule has 0 radical (unpaired) electrons. The third-order valence-electron chi connectivity index (χ3n) is 3.95. The van der Waals surface area contributed by atoms with Gasteiger partial charge in [-0.3, -0.25) is 9.79 Å². The quantitative estimate of drug-likeness (QED) is 0.551. The van der Waals surface area contributed by atoms with Crippen LogP contribution < -0.4 is 16.0 Å². The number of hydrogen-bond donors (Lipinski definition) is 3. The summed E-state index contributed by atoms with van der Waals surface area (Å²) in [5, 5.41) is 8.89. The number of hydrogen-bond acceptors (Lipinski definition) is 2. The molecule has 2 aromatic carbocycles. The smallest absolute Gasteiger partial charge is 0.243 e. The van der Waals surface area contributed by atoms with Crippen molar-refractivity contribution >= 4 is 17.6 Å². The van der Waals surface area contributed by atoms with E-state index in [-0.39, 0.29) is 18.3 Å². The van der Waals surface area contributed by atoms with Crippen LogP contribution in [0.1, 0.15) is 24.0 Å². The van der Waals surface area contributed by atoms with Gasteiger partial charge in [-0.2, -0.15) is 0 Å². The molecule has 0 aromatic heterocycles. The molecule has 1 atom stereocenters. The summed E-state index contributed by atoms with van der Waals surface area (Å²) < 4.78 is 12.9. The van der Waals surface area contributed by atoms with Gasteiger partial charge in [0.15, 0.2) is 5.96 Å². The Kier molecular flexibility index (Phi) is 7.14. The highest BCUT2D eigenvalue weighted by Gasteiger charge is 2.08. The van der Waals surface area contributed by atoms with E-state index in [4.69, 9.17) is 0 Å². The molecule has 0 saturated heterocycles. The van der Waals surface area contributed by atoms with Gasteiger partial charge in [0.2, 0.25) is 5.91 Å². The van der Waals surface area contributed by atoms with Crippen LogP contribution in [0.5, 0.6) is 0 Å². The summed E-state index contributed by atoms with van der Waals surface area (Å²) in [6.07, 6.45) is 0. The van der Waals surface area contributed by atoms with E-state index >= 15 is 0 Å². The topological polar surface area (TPSA) is 65.5 Å². The highest BCUT2D eigenvalue weighted by Crippen LogP contribution is 2.15. The number of nitrogens with zero attached hydrogens (tertiary/aromatic N) is 1. The Hall–Kier alpha value is -2.89. The van der Waals surface area contributed by atoms with Gasteiger partial charge in [-0.1, -0.05) is 36.8 Å². The fourth-order valence-electron chi connectivity index (χ4n) is 2.47. The molecule has 1 unspecified atom stereocenters. The Morgan fingerprint density at radius 1 is 1.15 bits per heavy atom. The number of carbonyl (C=O) groups excluding carboxylic acids is 1. The molecule has 26 heavy (non-hydrogen) atoms. The third-order valence-corrected chi connectivity index (χ3v) is 3.95. The van der Waals surface area contributed by atoms with Gasteiger partial charge in [0.1, 0.15) is 5.82 Å². The summed E-state index contributed by atoms with van der Waals surface area (Å²) in [6.45, 7) is 4.97. The standard InChI is InChI=1S/C20H25FN4O/c1-14-5-4-6-16(11-14)15(2)12-23-20(22-3)24-13-19(26)25-18-9-7-17(21)8-10-18/h4-11,15H,12-13H2,1-3H3,(H,25,26)(H2,22,23,24). The zero-order valence-corrected chi connectivity index (χ0v) is 15.3. The lowest BCUT2D eigenvalue weighted by molar-refractivity contribution is -0.115. The average Bonchev–Trinajstić information content (AvgIpc) is 2.63. The molecule has 5 nitrogen and oxygen atoms in total. The predicted octanol–water partition coefficient (Wildman–Crippen LogP) is 3.04. The fourth-order valence-corrected chi connectivity index (χ4v) is 2.47. The van der Waals surface area contributed by atoms with Crippen LogP contribution in [-0.2, 0) is 4.79 Å². The van der Waals surface area contributed by atoms with Crippen LogP contribution >= 0.6 is 0 Å². The second-order valence-corrected chi connectivity index (χ2v) is 6.18. The Bertz CT molecular complexity index is 759. The molecule has 0 saturated carbocycles. The monoisotopic (exact) mass is 356 g/mol. The van der Waals surface area contributed by atoms with Gasteiger partial charge >= 0.3 is 0 Å². The van der Waals surface area contributed by atoms with Crippen LogP contribution in [0.15, 0.2) is 53.5 Å². The van der Waals surface area contributed by atoms with Gasteiger partial charge in [0, 0.05) is 19.3 Å². The van der Waals surface area contributed by atoms with Crippen molar-refractivity contribution in [2.45, 2.75) is 19.8 Å². The lowest BCUT2D eigenvalue weighted by Crippen LogP contribution is -2.42. The van der Waals surface area contributed by atoms with Gasteiger partial charge in [0.25, 0.3) is 0 Å². The first kappa shape index (κ1) is 19.4. The first-order chi connectivity index (χ1) is 12.5. The molecule has 6 heteroatoms. The number of anilines is 1. The summed E-state index contributed by atoms with van der Waals surface area (Å²) in [7, 11) is 1.66. The minimum absolute atomic E-state index is 0.0654. The van der Waals surface area contributed by atoms with E-state index < -0.39 is 0 Å². The maximum absolute atomic E-state index is 12.9. The summed E-state index contributed by atoms with van der Waals surface area (Å²) in [5.41, 5.74) is 3.03. The third kappa shape index (κ3) is 6.20. The number of amides is 1. The van der Waals surface area contributed by atoms with Crippen molar-refractivity contribution in [3.63, 3.8) is 0 Å². The number of carbonyl (C=O) groups is 1. The van der Waals surface area contributed by atoms with Crippen molar-refractivity contribution in [2.75, 3.05) is 25.5 Å². The molecule has 0 heterocycles. The minimum Gasteiger partial charge on any atom is -0.356 e. The molecule has 0 aliphatic carbocycles. The number of aliphatic imine (C=N–C) groups is 1. The van der Waals surface area contributed by atoms with Crippen molar-refractivity contribution in [3.8, 4) is 0 Å². The molecule has 1 amide bonds. The van der Waals surface area contributed by atoms with E-state index in [0.717, 1.165) is 0 Å². The Morgan fingerprint density at radius 2 is 1.88 bits per heavy atom. The molecular formula is C20H25FN4O. The first-order valence-corrected chi connectivity index (χ1v) is 8.54. The zero-order chi connectivity index (χ0) is 18.9. The molecule has 3 N–H and O–H groups in total. The molecule has 2 rings (SSSR count). The summed E-state index contributed by atoms with van der Waals surface area (Å²) in [5.74, 6) is 0.292. The van der Waals surface area contributed by atoms with Gasteiger partial charge < -0.3 is 16.0 Å². The molecule has 0 aliphatic heterocycles. The molecule has 0 aliphatic rings. The molecule has 0 spiro atoms. The summed E-state index contributed by atoms with van der Waals surface area (Å²) in [6, 6.07) is 14.0. The first-order valence-electron chi connectivity index (χ1n) is 8.54. The van der Waals surface area contributed by atoms with Crippen LogP contribution in [0, 0.1) is 12.7 Å². The van der Waals surface area contributed by atoms with E-state index in [0.29, 0.717) is 24.1 Å². The largest absolute Gasteiger partial charge is 0.356 e. The molecule has 0 fully saturated rings. The number of nitrogens with one attached hydrogen (secondary N) is 3. The van der Waals surface area contributed by atoms with E-state index in [2.05, 4.69) is 53.0 Å². The maximum Gasteiger partial charge on any atom is 0.243 e. The normalized spacial score (nSPS) is 12.4. The van der Waals surface area contributed by atoms with Crippen molar-refractivity contribution in [1.29, 1.82) is 0 Å². The Balaban J connectivity index is 1.78. The number of guanidine groups is 1. The molecule has 0 bridgehead atoms. The molecular weight excluding hydrogens is 331 g/mol. The zero-order valence-electron chi connectivity index (χ0n) is 15.3. The number of benzene rings is 2. The highest BCUT2D eigenvalue weighted by molar-refractivity contribution is 5.94. The Labute approximate surface area is 153 Å². The van der Waals surface area contributed by atoms with E-state index in [9.17, 15) is 9.18 Å². The van der Waals surface area contributed by atoms with Crippen molar-refractivity contribution in [2.24, 2.45) is 4.99 Å². The van der Waals surface area contributed by atoms with Crippen LogP contribution in [0.4, 0.5) is 10.1 Å². The SMILES string of the molecule is CN=C(NCC(=O)Nc1ccc(F)cc1)NCC(C)c1cccc(C)c1. The maximum atomic E-state index is 12.9. The highest BCUT2D eigenvalue weighted by atomic mass is 19.1. The van der Waals surface area contributed by atoms with Crippen LogP contribution in [0.25, 0.3) is 0 Å².